The van der Waals surface area contributed by atoms with Crippen molar-refractivity contribution in [2.45, 2.75) is 0 Å². The fourth-order valence-corrected chi connectivity index (χ4v) is 1.66. The molecule has 0 aliphatic rings. The second-order valence-electron chi connectivity index (χ2n) is 2.49. The van der Waals surface area contributed by atoms with E-state index in [1.54, 1.807) is 0 Å². The molecule has 0 bridgehead atoms. The Labute approximate surface area is 86.2 Å². The molecule has 8 nitrogen and oxygen atoms in total. The molecule has 0 amide bonds. The van der Waals surface area contributed by atoms with E-state index in [9.17, 15) is 13.9 Å². The number of benzene rings is 1. The molecule has 0 fully saturated rings. The molecule has 1 aromatic rings. The summed E-state index contributed by atoms with van der Waals surface area (Å²) in [4.78, 5) is 9.45. The molecule has 0 aliphatic heterocycles. The molecule has 0 aliphatic carbocycles. The van der Waals surface area contributed by atoms with Crippen LogP contribution in [-0.2, 0) is 3.74 Å². The summed E-state index contributed by atoms with van der Waals surface area (Å²) in [5.41, 5.74) is -0.684. The van der Waals surface area contributed by atoms with Crippen molar-refractivity contribution in [3.8, 4) is 11.5 Å². The zero-order valence-electron chi connectivity index (χ0n) is 7.10. The van der Waals surface area contributed by atoms with Gasteiger partial charge in [0.15, 0.2) is 0 Å². The van der Waals surface area contributed by atoms with Crippen LogP contribution in [0.2, 0.25) is 0 Å². The predicted octanol–water partition coefficient (Wildman–Crippen LogP) is -0.470. The molecule has 0 heterocycles. The van der Waals surface area contributed by atoms with Crippen LogP contribution in [0.3, 0.4) is 0 Å². The molecule has 1 aromatic carbocycles. The molecule has 0 spiro atoms. The van der Waals surface area contributed by atoms with Crippen LogP contribution in [0.4, 0.5) is 5.69 Å². The fraction of sp³-hybridized carbons (Fsp3) is 0. The molecule has 0 radical (unpaired) electrons. The molecule has 1 rings (SSSR count). The van der Waals surface area contributed by atoms with Crippen LogP contribution in [0, 0.1) is 10.1 Å². The number of hydrogen-bond acceptors (Lipinski definition) is 5. The standard InChI is InChI=1S/C6H6AsNO7/c9-6-2-1-4(15-7(10,11)12)3-5(6)8(13)14/h1-3,9H,(H2,10,11,12). The number of nitro groups is 1. The Kier molecular flexibility index (Phi) is 3.03. The van der Waals surface area contributed by atoms with Crippen molar-refractivity contribution in [1.29, 1.82) is 0 Å². The number of aromatic hydroxyl groups is 1. The van der Waals surface area contributed by atoms with Gasteiger partial charge in [-0.15, -0.1) is 0 Å². The van der Waals surface area contributed by atoms with E-state index in [1.807, 2.05) is 0 Å². The SMILES string of the molecule is O=[N+]([O-])c1cc(O[As](=O)(O)O)ccc1O. The summed E-state index contributed by atoms with van der Waals surface area (Å²) in [6.45, 7) is 0. The van der Waals surface area contributed by atoms with Gasteiger partial charge < -0.3 is 0 Å². The summed E-state index contributed by atoms with van der Waals surface area (Å²) in [6.07, 6.45) is 0. The van der Waals surface area contributed by atoms with Crippen molar-refractivity contribution < 1.29 is 25.7 Å². The second kappa shape index (κ2) is 3.93. The fourth-order valence-electron chi connectivity index (χ4n) is 0.844. The van der Waals surface area contributed by atoms with Crippen molar-refractivity contribution in [1.82, 2.24) is 0 Å². The molecule has 0 saturated carbocycles. The molecule has 0 aromatic heterocycles. The summed E-state index contributed by atoms with van der Waals surface area (Å²) in [5, 5.41) is 19.4. The van der Waals surface area contributed by atoms with Gasteiger partial charge in [0.2, 0.25) is 0 Å². The summed E-state index contributed by atoms with van der Waals surface area (Å²) in [5.74, 6) is -0.975. The number of nitrogens with zero attached hydrogens (tertiary/aromatic N) is 1. The third kappa shape index (κ3) is 3.28. The van der Waals surface area contributed by atoms with E-state index in [0.717, 1.165) is 18.2 Å². The van der Waals surface area contributed by atoms with Crippen LogP contribution in [0.1, 0.15) is 0 Å². The minimum atomic E-state index is -5.35. The van der Waals surface area contributed by atoms with Gasteiger partial charge in [-0.3, -0.25) is 0 Å². The van der Waals surface area contributed by atoms with Crippen LogP contribution >= 0.6 is 0 Å². The quantitative estimate of drug-likeness (QED) is 0.387. The van der Waals surface area contributed by atoms with Crippen molar-refractivity contribution in [3.63, 3.8) is 0 Å². The molecule has 9 heteroatoms. The summed E-state index contributed by atoms with van der Waals surface area (Å²) < 4.78 is 31.6. The average Bonchev–Trinajstić information content (AvgIpc) is 2.05. The van der Waals surface area contributed by atoms with Crippen molar-refractivity contribution in [2.75, 3.05) is 0 Å². The van der Waals surface area contributed by atoms with Gasteiger partial charge in [-0.1, -0.05) is 0 Å². The third-order valence-corrected chi connectivity index (χ3v) is 2.31. The maximum absolute atomic E-state index is 10.5. The monoisotopic (exact) mass is 279 g/mol. The molecule has 82 valence electrons. The summed E-state index contributed by atoms with van der Waals surface area (Å²) in [6, 6.07) is 2.66. The van der Waals surface area contributed by atoms with Gasteiger partial charge in [-0.05, 0) is 0 Å². The van der Waals surface area contributed by atoms with Gasteiger partial charge >= 0.3 is 85.7 Å². The van der Waals surface area contributed by atoms with Crippen LogP contribution in [0.15, 0.2) is 18.2 Å². The van der Waals surface area contributed by atoms with Gasteiger partial charge in [0.1, 0.15) is 0 Å². The molecule has 0 unspecified atom stereocenters. The first-order valence-corrected chi connectivity index (χ1v) is 6.73. The Morgan fingerprint density at radius 2 is 2.00 bits per heavy atom. The number of rotatable bonds is 3. The Morgan fingerprint density at radius 3 is 2.47 bits per heavy atom. The van der Waals surface area contributed by atoms with Crippen LogP contribution in [0.5, 0.6) is 11.5 Å². The topological polar surface area (TPSA) is 130 Å². The normalized spacial score (nSPS) is 11.1. The van der Waals surface area contributed by atoms with E-state index in [0.29, 0.717) is 0 Å². The molecule has 15 heavy (non-hydrogen) atoms. The van der Waals surface area contributed by atoms with Crippen LogP contribution < -0.4 is 3.73 Å². The van der Waals surface area contributed by atoms with Crippen LogP contribution in [0.25, 0.3) is 0 Å². The van der Waals surface area contributed by atoms with Gasteiger partial charge in [0.05, 0.1) is 0 Å². The molecular weight excluding hydrogens is 273 g/mol. The third-order valence-electron chi connectivity index (χ3n) is 1.37. The van der Waals surface area contributed by atoms with E-state index >= 15 is 0 Å². The molecule has 3 N–H and O–H groups in total. The van der Waals surface area contributed by atoms with E-state index in [4.69, 9.17) is 13.3 Å². The minimum absolute atomic E-state index is 0.369. The second-order valence-corrected chi connectivity index (χ2v) is 4.93. The van der Waals surface area contributed by atoms with E-state index < -0.39 is 30.9 Å². The number of hydrogen-bond donors (Lipinski definition) is 3. The Bertz CT molecular complexity index is 439. The predicted molar refractivity (Wildman–Crippen MR) is 46.3 cm³/mol. The Hall–Kier alpha value is -1.50. The number of nitro benzene ring substituents is 1. The summed E-state index contributed by atoms with van der Waals surface area (Å²) >= 11 is -5.35. The summed E-state index contributed by atoms with van der Waals surface area (Å²) in [7, 11) is 0. The zero-order valence-corrected chi connectivity index (χ0v) is 8.98. The Balaban J connectivity index is 3.08. The first kappa shape index (κ1) is 11.6. The van der Waals surface area contributed by atoms with E-state index in [2.05, 4.69) is 3.73 Å². The molecule has 0 atom stereocenters. The van der Waals surface area contributed by atoms with Crippen molar-refractivity contribution in [2.24, 2.45) is 0 Å². The maximum atomic E-state index is 10.5. The van der Waals surface area contributed by atoms with Crippen LogP contribution in [-0.4, -0.2) is 32.7 Å². The Morgan fingerprint density at radius 1 is 1.40 bits per heavy atom. The van der Waals surface area contributed by atoms with Gasteiger partial charge in [0.25, 0.3) is 0 Å². The molecular formula is C6H6AsNO7. The molecule has 0 saturated heterocycles. The van der Waals surface area contributed by atoms with Gasteiger partial charge in [-0.25, -0.2) is 0 Å². The van der Waals surface area contributed by atoms with Gasteiger partial charge in [0, 0.05) is 0 Å². The number of phenols is 1. The van der Waals surface area contributed by atoms with Crippen molar-refractivity contribution >= 4 is 20.2 Å². The average molecular weight is 279 g/mol. The zero-order chi connectivity index (χ0) is 11.6. The number of phenolic OH excluding ortho intramolecular Hbond substituents is 1. The van der Waals surface area contributed by atoms with Crippen molar-refractivity contribution in [3.05, 3.63) is 28.3 Å². The first-order valence-electron chi connectivity index (χ1n) is 3.52. The van der Waals surface area contributed by atoms with E-state index in [1.165, 1.54) is 0 Å². The van der Waals surface area contributed by atoms with E-state index in [-0.39, 0.29) is 5.75 Å². The first-order chi connectivity index (χ1) is 6.79. The van der Waals surface area contributed by atoms with Gasteiger partial charge in [-0.2, -0.15) is 0 Å².